The van der Waals surface area contributed by atoms with Gasteiger partial charge in [-0.2, -0.15) is 0 Å². The number of imide groups is 1. The smallest absolute Gasteiger partial charge is 0.330 e. The molecular formula is C18H15NO4. The first-order valence-corrected chi connectivity index (χ1v) is 7.31. The zero-order valence-electron chi connectivity index (χ0n) is 12.6. The molecule has 5 nitrogen and oxygen atoms in total. The number of hydrogen-bond acceptors (Lipinski definition) is 4. The van der Waals surface area contributed by atoms with Gasteiger partial charge >= 0.3 is 5.97 Å². The molecule has 2 aromatic carbocycles. The number of carbonyl (C=O) groups is 3. The highest BCUT2D eigenvalue weighted by Crippen LogP contribution is 2.23. The first kappa shape index (κ1) is 15.0. The van der Waals surface area contributed by atoms with E-state index >= 15 is 0 Å². The molecule has 2 amide bonds. The van der Waals surface area contributed by atoms with Crippen LogP contribution >= 0.6 is 0 Å². The number of rotatable bonds is 4. The van der Waals surface area contributed by atoms with Gasteiger partial charge < -0.3 is 4.84 Å². The van der Waals surface area contributed by atoms with Crippen molar-refractivity contribution in [3.05, 3.63) is 70.8 Å². The van der Waals surface area contributed by atoms with E-state index in [4.69, 9.17) is 4.84 Å². The third-order valence-electron chi connectivity index (χ3n) is 3.81. The van der Waals surface area contributed by atoms with Crippen LogP contribution in [0.1, 0.15) is 38.3 Å². The molecule has 0 atom stereocenters. The number of amides is 2. The monoisotopic (exact) mass is 309 g/mol. The second kappa shape index (κ2) is 6.04. The maximum absolute atomic E-state index is 12.1. The van der Waals surface area contributed by atoms with Gasteiger partial charge in [0.2, 0.25) is 0 Å². The van der Waals surface area contributed by atoms with E-state index in [-0.39, 0.29) is 17.5 Å². The predicted octanol–water partition coefficient (Wildman–Crippen LogP) is 2.68. The topological polar surface area (TPSA) is 63.7 Å². The molecule has 0 spiro atoms. The van der Waals surface area contributed by atoms with Gasteiger partial charge in [-0.25, -0.2) is 4.79 Å². The Kier molecular flexibility index (Phi) is 3.93. The number of hydroxylamine groups is 2. The Morgan fingerprint density at radius 3 is 2.13 bits per heavy atom. The molecule has 1 heterocycles. The van der Waals surface area contributed by atoms with Gasteiger partial charge in [-0.15, -0.1) is 0 Å². The van der Waals surface area contributed by atoms with Crippen molar-refractivity contribution in [2.75, 3.05) is 0 Å². The molecule has 0 bridgehead atoms. The minimum Gasteiger partial charge on any atom is -0.330 e. The van der Waals surface area contributed by atoms with Crippen LogP contribution in [0.15, 0.2) is 48.5 Å². The highest BCUT2D eigenvalue weighted by atomic mass is 16.7. The van der Waals surface area contributed by atoms with Crippen molar-refractivity contribution in [2.24, 2.45) is 0 Å². The Labute approximate surface area is 133 Å². The van der Waals surface area contributed by atoms with Gasteiger partial charge in [-0.1, -0.05) is 41.5 Å². The van der Waals surface area contributed by atoms with Crippen LogP contribution in [0.5, 0.6) is 0 Å². The lowest BCUT2D eigenvalue weighted by Gasteiger charge is -2.13. The van der Waals surface area contributed by atoms with Crippen LogP contribution in [-0.4, -0.2) is 22.8 Å². The molecule has 0 aliphatic carbocycles. The van der Waals surface area contributed by atoms with Crippen LogP contribution in [0.3, 0.4) is 0 Å². The quantitative estimate of drug-likeness (QED) is 0.815. The summed E-state index contributed by atoms with van der Waals surface area (Å²) < 4.78 is 0. The molecule has 0 saturated carbocycles. The van der Waals surface area contributed by atoms with Crippen LogP contribution < -0.4 is 0 Å². The van der Waals surface area contributed by atoms with Gasteiger partial charge in [0, 0.05) is 0 Å². The SMILES string of the molecule is Cc1ccccc1CCC(=O)ON1C(=O)c2ccccc2C1=O. The van der Waals surface area contributed by atoms with E-state index in [1.165, 1.54) is 12.1 Å². The van der Waals surface area contributed by atoms with Gasteiger partial charge in [0.05, 0.1) is 17.5 Å². The second-order valence-electron chi connectivity index (χ2n) is 5.34. The number of aryl methyl sites for hydroxylation is 2. The summed E-state index contributed by atoms with van der Waals surface area (Å²) in [5, 5.41) is 0.546. The van der Waals surface area contributed by atoms with Gasteiger partial charge in [0.1, 0.15) is 0 Å². The van der Waals surface area contributed by atoms with Crippen LogP contribution in [0, 0.1) is 6.92 Å². The van der Waals surface area contributed by atoms with Crippen LogP contribution in [0.25, 0.3) is 0 Å². The average molecular weight is 309 g/mol. The third-order valence-corrected chi connectivity index (χ3v) is 3.81. The molecule has 0 saturated heterocycles. The fraction of sp³-hybridized carbons (Fsp3) is 0.167. The van der Waals surface area contributed by atoms with Crippen molar-refractivity contribution in [1.29, 1.82) is 0 Å². The molecular weight excluding hydrogens is 294 g/mol. The third kappa shape index (κ3) is 2.85. The Morgan fingerprint density at radius 2 is 1.52 bits per heavy atom. The second-order valence-corrected chi connectivity index (χ2v) is 5.34. The van der Waals surface area contributed by atoms with E-state index in [0.717, 1.165) is 11.1 Å². The molecule has 2 aromatic rings. The average Bonchev–Trinajstić information content (AvgIpc) is 2.80. The van der Waals surface area contributed by atoms with E-state index in [0.29, 0.717) is 11.5 Å². The first-order valence-electron chi connectivity index (χ1n) is 7.31. The van der Waals surface area contributed by atoms with E-state index in [1.54, 1.807) is 12.1 Å². The molecule has 0 aromatic heterocycles. The summed E-state index contributed by atoms with van der Waals surface area (Å²) in [5.74, 6) is -1.81. The minimum atomic E-state index is -0.609. The summed E-state index contributed by atoms with van der Waals surface area (Å²) in [6, 6.07) is 14.1. The van der Waals surface area contributed by atoms with Crippen LogP contribution in [-0.2, 0) is 16.1 Å². The summed E-state index contributed by atoms with van der Waals surface area (Å²) in [7, 11) is 0. The number of carbonyl (C=O) groups excluding carboxylic acids is 3. The normalized spacial score (nSPS) is 13.2. The Morgan fingerprint density at radius 1 is 0.957 bits per heavy atom. The largest absolute Gasteiger partial charge is 0.333 e. The Balaban J connectivity index is 1.64. The lowest BCUT2D eigenvalue weighted by Crippen LogP contribution is -2.32. The van der Waals surface area contributed by atoms with Crippen molar-refractivity contribution in [3.8, 4) is 0 Å². The van der Waals surface area contributed by atoms with E-state index in [2.05, 4.69) is 0 Å². The molecule has 0 radical (unpaired) electrons. The summed E-state index contributed by atoms with van der Waals surface area (Å²) in [5.41, 5.74) is 2.63. The molecule has 0 unspecified atom stereocenters. The highest BCUT2D eigenvalue weighted by molar-refractivity contribution is 6.20. The number of nitrogens with zero attached hydrogens (tertiary/aromatic N) is 1. The van der Waals surface area contributed by atoms with Crippen molar-refractivity contribution in [2.45, 2.75) is 19.8 Å². The van der Waals surface area contributed by atoms with Crippen molar-refractivity contribution in [1.82, 2.24) is 5.06 Å². The molecule has 116 valence electrons. The molecule has 0 fully saturated rings. The first-order chi connectivity index (χ1) is 11.1. The van der Waals surface area contributed by atoms with E-state index in [9.17, 15) is 14.4 Å². The molecule has 3 rings (SSSR count). The van der Waals surface area contributed by atoms with Crippen LogP contribution in [0.4, 0.5) is 0 Å². The molecule has 23 heavy (non-hydrogen) atoms. The van der Waals surface area contributed by atoms with E-state index in [1.807, 2.05) is 31.2 Å². The lowest BCUT2D eigenvalue weighted by molar-refractivity contribution is -0.168. The van der Waals surface area contributed by atoms with Gasteiger partial charge in [-0.3, -0.25) is 9.59 Å². The predicted molar refractivity (Wildman–Crippen MR) is 82.5 cm³/mol. The molecule has 0 N–H and O–H groups in total. The zero-order chi connectivity index (χ0) is 16.4. The summed E-state index contributed by atoms with van der Waals surface area (Å²) in [6.07, 6.45) is 0.590. The van der Waals surface area contributed by atoms with Crippen molar-refractivity contribution >= 4 is 17.8 Å². The summed E-state index contributed by atoms with van der Waals surface area (Å²) >= 11 is 0. The van der Waals surface area contributed by atoms with E-state index < -0.39 is 17.8 Å². The summed E-state index contributed by atoms with van der Waals surface area (Å²) in [6.45, 7) is 1.96. The lowest BCUT2D eigenvalue weighted by atomic mass is 10.0. The Bertz CT molecular complexity index is 762. The summed E-state index contributed by atoms with van der Waals surface area (Å²) in [4.78, 5) is 41.1. The molecule has 1 aliphatic heterocycles. The maximum atomic E-state index is 12.1. The van der Waals surface area contributed by atoms with Crippen LogP contribution in [0.2, 0.25) is 0 Å². The zero-order valence-corrected chi connectivity index (χ0v) is 12.6. The fourth-order valence-corrected chi connectivity index (χ4v) is 2.52. The maximum Gasteiger partial charge on any atom is 0.333 e. The van der Waals surface area contributed by atoms with Crippen molar-refractivity contribution in [3.63, 3.8) is 0 Å². The van der Waals surface area contributed by atoms with Gasteiger partial charge in [0.25, 0.3) is 11.8 Å². The van der Waals surface area contributed by atoms with Gasteiger partial charge in [0.15, 0.2) is 0 Å². The fourth-order valence-electron chi connectivity index (χ4n) is 2.52. The van der Waals surface area contributed by atoms with Crippen molar-refractivity contribution < 1.29 is 19.2 Å². The standard InChI is InChI=1S/C18H15NO4/c1-12-6-2-3-7-13(12)10-11-16(20)23-19-17(21)14-8-4-5-9-15(14)18(19)22/h2-9H,10-11H2,1H3. The number of fused-ring (bicyclic) bond motifs is 1. The Hall–Kier alpha value is -2.95. The number of benzene rings is 2. The molecule has 5 heteroatoms. The van der Waals surface area contributed by atoms with Gasteiger partial charge in [-0.05, 0) is 36.6 Å². The number of hydrogen-bond donors (Lipinski definition) is 0. The minimum absolute atomic E-state index is 0.0955. The highest BCUT2D eigenvalue weighted by Gasteiger charge is 2.38. The molecule has 1 aliphatic rings.